The summed E-state index contributed by atoms with van der Waals surface area (Å²) in [5.74, 6) is 0.0592. The number of para-hydroxylation sites is 1. The van der Waals surface area contributed by atoms with Crippen molar-refractivity contribution in [2.45, 2.75) is 17.4 Å². The predicted molar refractivity (Wildman–Crippen MR) is 62.9 cm³/mol. The Balaban J connectivity index is 2.06. The lowest BCUT2D eigenvalue weighted by Gasteiger charge is -2.08. The molecule has 2 atom stereocenters. The maximum Gasteiger partial charge on any atom is 0.229 e. The fourth-order valence-corrected chi connectivity index (χ4v) is 2.04. The summed E-state index contributed by atoms with van der Waals surface area (Å²) in [6.45, 7) is 0. The van der Waals surface area contributed by atoms with E-state index in [0.717, 1.165) is 17.0 Å². The minimum absolute atomic E-state index is 0.0138. The zero-order valence-electron chi connectivity index (χ0n) is 8.57. The van der Waals surface area contributed by atoms with Gasteiger partial charge in [0.05, 0.1) is 11.6 Å². The molecule has 0 aromatic heterocycles. The summed E-state index contributed by atoms with van der Waals surface area (Å²) >= 11 is 1.62. The number of hydrogen-bond acceptors (Lipinski definition) is 3. The van der Waals surface area contributed by atoms with Crippen LogP contribution in [0.1, 0.15) is 6.42 Å². The number of hydrogen-bond donors (Lipinski definition) is 2. The third kappa shape index (κ3) is 2.33. The van der Waals surface area contributed by atoms with Gasteiger partial charge in [-0.2, -0.15) is 0 Å². The first-order valence-corrected chi connectivity index (χ1v) is 6.14. The molecule has 80 valence electrons. The molecule has 1 aliphatic rings. The molecule has 1 fully saturated rings. The molecule has 0 radical (unpaired) electrons. The number of amides is 1. The molecule has 0 aliphatic heterocycles. The van der Waals surface area contributed by atoms with E-state index >= 15 is 0 Å². The van der Waals surface area contributed by atoms with Crippen LogP contribution in [0.3, 0.4) is 0 Å². The van der Waals surface area contributed by atoms with Gasteiger partial charge in [0.2, 0.25) is 5.91 Å². The molecule has 4 heteroatoms. The fraction of sp³-hybridized carbons (Fsp3) is 0.364. The lowest BCUT2D eigenvalue weighted by Crippen LogP contribution is -2.18. The molecule has 1 aromatic rings. The van der Waals surface area contributed by atoms with Crippen LogP contribution in [-0.4, -0.2) is 18.2 Å². The van der Waals surface area contributed by atoms with E-state index in [4.69, 9.17) is 5.73 Å². The number of rotatable bonds is 3. The van der Waals surface area contributed by atoms with E-state index in [1.165, 1.54) is 0 Å². The third-order valence-corrected chi connectivity index (χ3v) is 3.34. The highest BCUT2D eigenvalue weighted by molar-refractivity contribution is 7.98. The molecule has 0 heterocycles. The molecular formula is C11H14N2OS. The molecule has 1 saturated carbocycles. The van der Waals surface area contributed by atoms with E-state index in [-0.39, 0.29) is 17.9 Å². The number of carbonyl (C=O) groups is 1. The van der Waals surface area contributed by atoms with Crippen LogP contribution in [0, 0.1) is 5.92 Å². The average molecular weight is 222 g/mol. The van der Waals surface area contributed by atoms with Crippen LogP contribution in [0.15, 0.2) is 29.2 Å². The number of nitrogens with one attached hydrogen (secondary N) is 1. The summed E-state index contributed by atoms with van der Waals surface area (Å²) in [4.78, 5) is 12.7. The third-order valence-electron chi connectivity index (χ3n) is 2.54. The van der Waals surface area contributed by atoms with Crippen molar-refractivity contribution in [1.82, 2.24) is 0 Å². The summed E-state index contributed by atoms with van der Waals surface area (Å²) in [5, 5.41) is 2.91. The van der Waals surface area contributed by atoms with Gasteiger partial charge in [0.15, 0.2) is 0 Å². The van der Waals surface area contributed by atoms with Gasteiger partial charge in [0, 0.05) is 10.9 Å². The number of thioether (sulfide) groups is 1. The van der Waals surface area contributed by atoms with Crippen LogP contribution in [0.25, 0.3) is 0 Å². The molecular weight excluding hydrogens is 208 g/mol. The number of nitrogens with two attached hydrogens (primary N) is 1. The lowest BCUT2D eigenvalue weighted by atomic mass is 10.3. The van der Waals surface area contributed by atoms with Crippen molar-refractivity contribution in [1.29, 1.82) is 0 Å². The van der Waals surface area contributed by atoms with Crippen molar-refractivity contribution in [3.8, 4) is 0 Å². The molecule has 0 bridgehead atoms. The van der Waals surface area contributed by atoms with Crippen molar-refractivity contribution in [3.63, 3.8) is 0 Å². The molecule has 2 rings (SSSR count). The van der Waals surface area contributed by atoms with Crippen LogP contribution in [0.4, 0.5) is 5.69 Å². The van der Waals surface area contributed by atoms with Gasteiger partial charge >= 0.3 is 0 Å². The minimum Gasteiger partial charge on any atom is -0.327 e. The Morgan fingerprint density at radius 1 is 1.53 bits per heavy atom. The monoisotopic (exact) mass is 222 g/mol. The van der Waals surface area contributed by atoms with Gasteiger partial charge in [-0.1, -0.05) is 12.1 Å². The summed E-state index contributed by atoms with van der Waals surface area (Å²) in [6, 6.07) is 7.85. The zero-order chi connectivity index (χ0) is 10.8. The second-order valence-electron chi connectivity index (χ2n) is 3.70. The molecule has 1 amide bonds. The van der Waals surface area contributed by atoms with E-state index in [9.17, 15) is 4.79 Å². The van der Waals surface area contributed by atoms with Crippen LogP contribution in [0.5, 0.6) is 0 Å². The van der Waals surface area contributed by atoms with E-state index in [2.05, 4.69) is 5.32 Å². The van der Waals surface area contributed by atoms with E-state index in [1.807, 2.05) is 30.5 Å². The van der Waals surface area contributed by atoms with E-state index in [0.29, 0.717) is 0 Å². The topological polar surface area (TPSA) is 55.1 Å². The maximum absolute atomic E-state index is 11.7. The highest BCUT2D eigenvalue weighted by Gasteiger charge is 2.40. The van der Waals surface area contributed by atoms with Crippen molar-refractivity contribution >= 4 is 23.4 Å². The summed E-state index contributed by atoms with van der Waals surface area (Å²) in [7, 11) is 0. The Morgan fingerprint density at radius 3 is 2.80 bits per heavy atom. The van der Waals surface area contributed by atoms with Gasteiger partial charge in [-0.05, 0) is 24.8 Å². The Bertz CT molecular complexity index is 381. The molecule has 15 heavy (non-hydrogen) atoms. The van der Waals surface area contributed by atoms with Crippen molar-refractivity contribution in [2.75, 3.05) is 11.6 Å². The Morgan fingerprint density at radius 2 is 2.20 bits per heavy atom. The lowest BCUT2D eigenvalue weighted by molar-refractivity contribution is -0.117. The second-order valence-corrected chi connectivity index (χ2v) is 4.54. The van der Waals surface area contributed by atoms with Crippen molar-refractivity contribution < 1.29 is 4.79 Å². The largest absolute Gasteiger partial charge is 0.327 e. The molecule has 1 aromatic carbocycles. The highest BCUT2D eigenvalue weighted by Crippen LogP contribution is 2.31. The maximum atomic E-state index is 11.7. The second kappa shape index (κ2) is 4.24. The van der Waals surface area contributed by atoms with Gasteiger partial charge in [0.25, 0.3) is 0 Å². The first-order chi connectivity index (χ1) is 7.22. The molecule has 1 aliphatic carbocycles. The molecule has 3 N–H and O–H groups in total. The van der Waals surface area contributed by atoms with Crippen LogP contribution < -0.4 is 11.1 Å². The normalized spacial score (nSPS) is 23.6. The zero-order valence-corrected chi connectivity index (χ0v) is 9.38. The molecule has 3 nitrogen and oxygen atoms in total. The number of anilines is 1. The summed E-state index contributed by atoms with van der Waals surface area (Å²) in [6.07, 6.45) is 2.81. The Hall–Kier alpha value is -1.00. The fourth-order valence-electron chi connectivity index (χ4n) is 1.49. The van der Waals surface area contributed by atoms with E-state index < -0.39 is 0 Å². The number of carbonyl (C=O) groups excluding carboxylic acids is 1. The molecule has 0 spiro atoms. The SMILES string of the molecule is CSc1ccccc1NC(=O)C1CC1N. The van der Waals surface area contributed by atoms with Gasteiger partial charge in [-0.3, -0.25) is 4.79 Å². The first-order valence-electron chi connectivity index (χ1n) is 4.92. The van der Waals surface area contributed by atoms with Crippen LogP contribution in [0.2, 0.25) is 0 Å². The number of benzene rings is 1. The smallest absolute Gasteiger partial charge is 0.229 e. The average Bonchev–Trinajstić information content (AvgIpc) is 2.96. The van der Waals surface area contributed by atoms with Gasteiger partial charge < -0.3 is 11.1 Å². The molecule has 0 saturated heterocycles. The van der Waals surface area contributed by atoms with Crippen molar-refractivity contribution in [2.24, 2.45) is 11.7 Å². The highest BCUT2D eigenvalue weighted by atomic mass is 32.2. The quantitative estimate of drug-likeness (QED) is 0.765. The van der Waals surface area contributed by atoms with Gasteiger partial charge in [-0.15, -0.1) is 11.8 Å². The van der Waals surface area contributed by atoms with Crippen LogP contribution >= 0.6 is 11.8 Å². The Labute approximate surface area is 93.4 Å². The van der Waals surface area contributed by atoms with Gasteiger partial charge in [0.1, 0.15) is 0 Å². The Kier molecular flexibility index (Phi) is 2.98. The van der Waals surface area contributed by atoms with E-state index in [1.54, 1.807) is 11.8 Å². The van der Waals surface area contributed by atoms with Crippen molar-refractivity contribution in [3.05, 3.63) is 24.3 Å². The van der Waals surface area contributed by atoms with Gasteiger partial charge in [-0.25, -0.2) is 0 Å². The predicted octanol–water partition coefficient (Wildman–Crippen LogP) is 1.69. The summed E-state index contributed by atoms with van der Waals surface area (Å²) in [5.41, 5.74) is 6.51. The summed E-state index contributed by atoms with van der Waals surface area (Å²) < 4.78 is 0. The minimum atomic E-state index is 0.0138. The van der Waals surface area contributed by atoms with Crippen LogP contribution in [-0.2, 0) is 4.79 Å². The first kappa shape index (κ1) is 10.5. The standard InChI is InChI=1S/C11H14N2OS/c1-15-10-5-3-2-4-9(10)13-11(14)7-6-8(7)12/h2-5,7-8H,6,12H2,1H3,(H,13,14). The molecule has 2 unspecified atom stereocenters.